The second-order valence-electron chi connectivity index (χ2n) is 5.12. The molecule has 1 aliphatic rings. The fourth-order valence-electron chi connectivity index (χ4n) is 2.62. The standard InChI is InChI=1S/C14H15ClFNO3/c15-9-4-3-5-10(12(9)16)17-11(18)8-14(13(19)20)6-1-2-7-14/h3-5H,1-2,6-8H2,(H,17,18)(H,19,20). The lowest BCUT2D eigenvalue weighted by molar-refractivity contribution is -0.150. The van der Waals surface area contributed by atoms with E-state index in [0.717, 1.165) is 12.8 Å². The highest BCUT2D eigenvalue weighted by molar-refractivity contribution is 6.31. The quantitative estimate of drug-likeness (QED) is 0.895. The molecule has 20 heavy (non-hydrogen) atoms. The maximum atomic E-state index is 13.7. The van der Waals surface area contributed by atoms with E-state index in [1.807, 2.05) is 0 Å². The van der Waals surface area contributed by atoms with Crippen LogP contribution in [0.1, 0.15) is 32.1 Å². The molecule has 0 bridgehead atoms. The highest BCUT2D eigenvalue weighted by Crippen LogP contribution is 2.41. The molecule has 2 rings (SSSR count). The minimum absolute atomic E-state index is 0.0268. The smallest absolute Gasteiger partial charge is 0.310 e. The number of amides is 1. The van der Waals surface area contributed by atoms with Crippen molar-refractivity contribution in [2.45, 2.75) is 32.1 Å². The topological polar surface area (TPSA) is 66.4 Å². The van der Waals surface area contributed by atoms with E-state index >= 15 is 0 Å². The van der Waals surface area contributed by atoms with Crippen LogP contribution in [0.25, 0.3) is 0 Å². The Morgan fingerprint density at radius 3 is 2.60 bits per heavy atom. The molecule has 1 saturated carbocycles. The van der Waals surface area contributed by atoms with Crippen LogP contribution in [0.2, 0.25) is 5.02 Å². The normalized spacial score (nSPS) is 16.9. The minimum atomic E-state index is -1.01. The molecule has 1 aromatic rings. The molecule has 0 aliphatic heterocycles. The molecule has 0 saturated heterocycles. The Morgan fingerprint density at radius 1 is 1.35 bits per heavy atom. The summed E-state index contributed by atoms with van der Waals surface area (Å²) in [6, 6.07) is 4.28. The molecule has 0 heterocycles. The molecular formula is C14H15ClFNO3. The largest absolute Gasteiger partial charge is 0.481 e. The SMILES string of the molecule is O=C(CC1(C(=O)O)CCCC1)Nc1cccc(Cl)c1F. The highest BCUT2D eigenvalue weighted by Gasteiger charge is 2.43. The van der Waals surface area contributed by atoms with E-state index in [0.29, 0.717) is 12.8 Å². The molecule has 0 aromatic heterocycles. The number of aliphatic carboxylic acids is 1. The lowest BCUT2D eigenvalue weighted by atomic mass is 9.82. The van der Waals surface area contributed by atoms with Gasteiger partial charge in [0, 0.05) is 6.42 Å². The number of rotatable bonds is 4. The molecule has 0 atom stereocenters. The Morgan fingerprint density at radius 2 is 2.00 bits per heavy atom. The molecule has 0 unspecified atom stereocenters. The number of carboxylic acid groups (broad SMARTS) is 1. The number of benzene rings is 1. The van der Waals surface area contributed by atoms with Crippen LogP contribution in [0.15, 0.2) is 18.2 Å². The van der Waals surface area contributed by atoms with Crippen molar-refractivity contribution in [1.29, 1.82) is 0 Å². The van der Waals surface area contributed by atoms with Crippen LogP contribution in [-0.2, 0) is 9.59 Å². The van der Waals surface area contributed by atoms with E-state index in [1.54, 1.807) is 0 Å². The van der Waals surface area contributed by atoms with Crippen molar-refractivity contribution in [3.63, 3.8) is 0 Å². The Labute approximate surface area is 120 Å². The zero-order valence-electron chi connectivity index (χ0n) is 10.8. The second kappa shape index (κ2) is 5.79. The third-order valence-corrected chi connectivity index (χ3v) is 4.03. The number of halogens is 2. The maximum absolute atomic E-state index is 13.7. The fraction of sp³-hybridized carbons (Fsp3) is 0.429. The number of carbonyl (C=O) groups is 2. The van der Waals surface area contributed by atoms with Gasteiger partial charge in [0.2, 0.25) is 5.91 Å². The number of nitrogens with one attached hydrogen (secondary N) is 1. The molecule has 0 spiro atoms. The summed E-state index contributed by atoms with van der Waals surface area (Å²) in [6.07, 6.45) is 2.41. The lowest BCUT2D eigenvalue weighted by Crippen LogP contribution is -2.32. The average Bonchev–Trinajstić information content (AvgIpc) is 2.85. The van der Waals surface area contributed by atoms with Crippen molar-refractivity contribution in [2.24, 2.45) is 5.41 Å². The van der Waals surface area contributed by atoms with E-state index in [4.69, 9.17) is 11.6 Å². The first-order valence-electron chi connectivity index (χ1n) is 6.42. The average molecular weight is 300 g/mol. The van der Waals surface area contributed by atoms with E-state index in [2.05, 4.69) is 5.32 Å². The van der Waals surface area contributed by atoms with E-state index in [-0.39, 0.29) is 17.1 Å². The molecule has 0 radical (unpaired) electrons. The van der Waals surface area contributed by atoms with Crippen LogP contribution in [0, 0.1) is 11.2 Å². The van der Waals surface area contributed by atoms with E-state index in [1.165, 1.54) is 18.2 Å². The van der Waals surface area contributed by atoms with Gasteiger partial charge in [-0.3, -0.25) is 9.59 Å². The summed E-state index contributed by atoms with van der Waals surface area (Å²) in [5.74, 6) is -2.18. The lowest BCUT2D eigenvalue weighted by Gasteiger charge is -2.22. The zero-order valence-corrected chi connectivity index (χ0v) is 11.5. The summed E-state index contributed by atoms with van der Waals surface area (Å²) in [7, 11) is 0. The molecule has 1 fully saturated rings. The van der Waals surface area contributed by atoms with Crippen LogP contribution in [0.4, 0.5) is 10.1 Å². The summed E-state index contributed by atoms with van der Waals surface area (Å²) < 4.78 is 13.7. The van der Waals surface area contributed by atoms with E-state index in [9.17, 15) is 19.1 Å². The Kier molecular flexibility index (Phi) is 4.28. The van der Waals surface area contributed by atoms with Crippen molar-refractivity contribution >= 4 is 29.2 Å². The van der Waals surface area contributed by atoms with Crippen LogP contribution >= 0.6 is 11.6 Å². The Bertz CT molecular complexity index is 541. The highest BCUT2D eigenvalue weighted by atomic mass is 35.5. The predicted octanol–water partition coefficient (Wildman–Crippen LogP) is 3.45. The number of carboxylic acids is 1. The van der Waals surface area contributed by atoms with Crippen molar-refractivity contribution in [1.82, 2.24) is 0 Å². The van der Waals surface area contributed by atoms with Gasteiger partial charge in [-0.25, -0.2) is 4.39 Å². The number of hydrogen-bond donors (Lipinski definition) is 2. The molecule has 6 heteroatoms. The molecule has 1 aromatic carbocycles. The van der Waals surface area contributed by atoms with Gasteiger partial charge in [0.1, 0.15) is 0 Å². The maximum Gasteiger partial charge on any atom is 0.310 e. The van der Waals surface area contributed by atoms with Gasteiger partial charge in [-0.1, -0.05) is 30.5 Å². The monoisotopic (exact) mass is 299 g/mol. The third kappa shape index (κ3) is 2.93. The Balaban J connectivity index is 2.09. The summed E-state index contributed by atoms with van der Waals surface area (Å²) in [5, 5.41) is 11.6. The van der Waals surface area contributed by atoms with Gasteiger partial charge in [-0.05, 0) is 25.0 Å². The third-order valence-electron chi connectivity index (χ3n) is 3.74. The van der Waals surface area contributed by atoms with Gasteiger partial charge in [-0.15, -0.1) is 0 Å². The first-order chi connectivity index (χ1) is 9.44. The van der Waals surface area contributed by atoms with Crippen LogP contribution in [0.5, 0.6) is 0 Å². The number of hydrogen-bond acceptors (Lipinski definition) is 2. The van der Waals surface area contributed by atoms with Crippen molar-refractivity contribution in [3.8, 4) is 0 Å². The van der Waals surface area contributed by atoms with Crippen LogP contribution < -0.4 is 5.32 Å². The Hall–Kier alpha value is -1.62. The van der Waals surface area contributed by atoms with Gasteiger partial charge in [-0.2, -0.15) is 0 Å². The first-order valence-corrected chi connectivity index (χ1v) is 6.80. The fourth-order valence-corrected chi connectivity index (χ4v) is 2.79. The van der Waals surface area contributed by atoms with E-state index < -0.39 is 23.1 Å². The summed E-state index contributed by atoms with van der Waals surface area (Å²) in [6.45, 7) is 0. The summed E-state index contributed by atoms with van der Waals surface area (Å²) in [5.41, 5.74) is -1.04. The zero-order chi connectivity index (χ0) is 14.8. The minimum Gasteiger partial charge on any atom is -0.481 e. The molecule has 2 N–H and O–H groups in total. The molecule has 108 valence electrons. The number of anilines is 1. The van der Waals surface area contributed by atoms with Crippen molar-refractivity contribution < 1.29 is 19.1 Å². The molecular weight excluding hydrogens is 285 g/mol. The van der Waals surface area contributed by atoms with Gasteiger partial charge >= 0.3 is 5.97 Å². The van der Waals surface area contributed by atoms with Crippen molar-refractivity contribution in [3.05, 3.63) is 29.0 Å². The summed E-state index contributed by atoms with van der Waals surface area (Å²) in [4.78, 5) is 23.3. The number of carbonyl (C=O) groups excluding carboxylic acids is 1. The van der Waals surface area contributed by atoms with Gasteiger partial charge in [0.15, 0.2) is 5.82 Å². The molecule has 4 nitrogen and oxygen atoms in total. The van der Waals surface area contributed by atoms with Gasteiger partial charge < -0.3 is 10.4 Å². The first kappa shape index (κ1) is 14.8. The predicted molar refractivity (Wildman–Crippen MR) is 73.2 cm³/mol. The second-order valence-corrected chi connectivity index (χ2v) is 5.53. The van der Waals surface area contributed by atoms with Crippen LogP contribution in [-0.4, -0.2) is 17.0 Å². The van der Waals surface area contributed by atoms with Gasteiger partial charge in [0.05, 0.1) is 16.1 Å². The van der Waals surface area contributed by atoms with Gasteiger partial charge in [0.25, 0.3) is 0 Å². The van der Waals surface area contributed by atoms with Crippen molar-refractivity contribution in [2.75, 3.05) is 5.32 Å². The molecule has 1 amide bonds. The molecule has 1 aliphatic carbocycles. The van der Waals surface area contributed by atoms with Crippen LogP contribution in [0.3, 0.4) is 0 Å². The summed E-state index contributed by atoms with van der Waals surface area (Å²) >= 11 is 5.62.